The molecular formula is C17H22ClN3O2. The summed E-state index contributed by atoms with van der Waals surface area (Å²) in [6.45, 7) is 2.56. The molecule has 0 spiro atoms. The van der Waals surface area contributed by atoms with Gasteiger partial charge in [0.1, 0.15) is 0 Å². The number of ether oxygens (including phenoxy) is 1. The fourth-order valence-corrected chi connectivity index (χ4v) is 3.28. The van der Waals surface area contributed by atoms with Crippen LogP contribution in [0, 0.1) is 0 Å². The molecule has 1 aromatic heterocycles. The van der Waals surface area contributed by atoms with Gasteiger partial charge in [0.25, 0.3) is 0 Å². The van der Waals surface area contributed by atoms with Crippen LogP contribution in [-0.4, -0.2) is 41.3 Å². The van der Waals surface area contributed by atoms with Gasteiger partial charge in [-0.2, -0.15) is 4.98 Å². The van der Waals surface area contributed by atoms with E-state index >= 15 is 0 Å². The van der Waals surface area contributed by atoms with Crippen molar-refractivity contribution in [1.29, 1.82) is 0 Å². The Morgan fingerprint density at radius 2 is 2.30 bits per heavy atom. The van der Waals surface area contributed by atoms with Gasteiger partial charge >= 0.3 is 0 Å². The van der Waals surface area contributed by atoms with Crippen molar-refractivity contribution in [1.82, 2.24) is 15.0 Å². The summed E-state index contributed by atoms with van der Waals surface area (Å²) in [6, 6.07) is 8.03. The van der Waals surface area contributed by atoms with Gasteiger partial charge in [0.05, 0.1) is 6.54 Å². The second-order valence-electron chi connectivity index (χ2n) is 5.92. The third-order valence-corrected chi connectivity index (χ3v) is 4.53. The Labute approximate surface area is 141 Å². The van der Waals surface area contributed by atoms with Crippen LogP contribution in [0.4, 0.5) is 0 Å². The molecule has 1 atom stereocenters. The maximum atomic E-state index is 6.02. The molecule has 3 rings (SSSR count). The first-order valence-electron chi connectivity index (χ1n) is 8.08. The summed E-state index contributed by atoms with van der Waals surface area (Å²) in [6.07, 6.45) is 4.76. The molecule has 0 aliphatic carbocycles. The normalized spacial score (nSPS) is 19.1. The molecule has 0 amide bonds. The molecule has 0 bridgehead atoms. The second-order valence-corrected chi connectivity index (χ2v) is 6.36. The molecule has 1 fully saturated rings. The van der Waals surface area contributed by atoms with Crippen molar-refractivity contribution in [3.63, 3.8) is 0 Å². The van der Waals surface area contributed by atoms with Crippen LogP contribution in [-0.2, 0) is 11.3 Å². The van der Waals surface area contributed by atoms with Crippen LogP contribution >= 0.6 is 11.6 Å². The van der Waals surface area contributed by atoms with Crippen LogP contribution in [0.25, 0.3) is 11.4 Å². The van der Waals surface area contributed by atoms with Gasteiger partial charge in [-0.15, -0.1) is 0 Å². The molecule has 2 aromatic rings. The van der Waals surface area contributed by atoms with E-state index in [4.69, 9.17) is 20.9 Å². The zero-order chi connectivity index (χ0) is 16.1. The van der Waals surface area contributed by atoms with E-state index in [-0.39, 0.29) is 0 Å². The van der Waals surface area contributed by atoms with Crippen LogP contribution in [0.2, 0.25) is 5.02 Å². The van der Waals surface area contributed by atoms with Crippen molar-refractivity contribution < 1.29 is 9.26 Å². The smallest absolute Gasteiger partial charge is 0.241 e. The molecule has 2 heterocycles. The van der Waals surface area contributed by atoms with E-state index in [1.165, 1.54) is 19.3 Å². The molecule has 6 heteroatoms. The number of methoxy groups -OCH3 is 1. The van der Waals surface area contributed by atoms with E-state index in [1.807, 2.05) is 24.3 Å². The van der Waals surface area contributed by atoms with Gasteiger partial charge in [-0.3, -0.25) is 4.90 Å². The number of benzene rings is 1. The predicted octanol–water partition coefficient (Wildman–Crippen LogP) is 3.78. The highest BCUT2D eigenvalue weighted by Gasteiger charge is 2.24. The Balaban J connectivity index is 1.67. The highest BCUT2D eigenvalue weighted by atomic mass is 35.5. The maximum absolute atomic E-state index is 6.02. The maximum Gasteiger partial charge on any atom is 0.241 e. The Morgan fingerprint density at radius 3 is 3.13 bits per heavy atom. The third-order valence-electron chi connectivity index (χ3n) is 4.29. The number of nitrogens with zero attached hydrogens (tertiary/aromatic N) is 3. The summed E-state index contributed by atoms with van der Waals surface area (Å²) >= 11 is 6.02. The molecule has 0 unspecified atom stereocenters. The second kappa shape index (κ2) is 7.90. The van der Waals surface area contributed by atoms with Crippen molar-refractivity contribution >= 4 is 11.6 Å². The number of hydrogen-bond acceptors (Lipinski definition) is 5. The first-order valence-corrected chi connectivity index (χ1v) is 8.45. The molecule has 23 heavy (non-hydrogen) atoms. The zero-order valence-electron chi connectivity index (χ0n) is 13.4. The van der Waals surface area contributed by atoms with Gasteiger partial charge in [0, 0.05) is 30.3 Å². The summed E-state index contributed by atoms with van der Waals surface area (Å²) in [4.78, 5) is 6.95. The SMILES string of the molecule is COCC[C@@H]1CCCCN1Cc1nc(-c2cccc(Cl)c2)no1. The van der Waals surface area contributed by atoms with Crippen molar-refractivity contribution in [2.75, 3.05) is 20.3 Å². The van der Waals surface area contributed by atoms with Gasteiger partial charge in [0.15, 0.2) is 0 Å². The topological polar surface area (TPSA) is 51.4 Å². The summed E-state index contributed by atoms with van der Waals surface area (Å²) in [5, 5.41) is 4.75. The molecule has 0 N–H and O–H groups in total. The predicted molar refractivity (Wildman–Crippen MR) is 89.3 cm³/mol. The molecule has 1 saturated heterocycles. The largest absolute Gasteiger partial charge is 0.385 e. The van der Waals surface area contributed by atoms with Crippen LogP contribution < -0.4 is 0 Å². The Kier molecular flexibility index (Phi) is 5.65. The quantitative estimate of drug-likeness (QED) is 0.804. The van der Waals surface area contributed by atoms with Gasteiger partial charge < -0.3 is 9.26 Å². The van der Waals surface area contributed by atoms with Crippen molar-refractivity contribution in [2.45, 2.75) is 38.3 Å². The van der Waals surface area contributed by atoms with Gasteiger partial charge in [0.2, 0.25) is 11.7 Å². The Morgan fingerprint density at radius 1 is 1.39 bits per heavy atom. The van der Waals surface area contributed by atoms with Crippen molar-refractivity contribution in [2.24, 2.45) is 0 Å². The lowest BCUT2D eigenvalue weighted by Gasteiger charge is -2.34. The summed E-state index contributed by atoms with van der Waals surface area (Å²) < 4.78 is 10.7. The molecule has 1 aliphatic rings. The number of halogens is 1. The highest BCUT2D eigenvalue weighted by Crippen LogP contribution is 2.23. The molecule has 1 aliphatic heterocycles. The van der Waals surface area contributed by atoms with Crippen LogP contribution in [0.5, 0.6) is 0 Å². The minimum absolute atomic E-state index is 0.533. The fourth-order valence-electron chi connectivity index (χ4n) is 3.09. The summed E-state index contributed by atoms with van der Waals surface area (Å²) in [5.41, 5.74) is 0.877. The van der Waals surface area contributed by atoms with Crippen LogP contribution in [0.15, 0.2) is 28.8 Å². The van der Waals surface area contributed by atoms with Gasteiger partial charge in [-0.25, -0.2) is 0 Å². The van der Waals surface area contributed by atoms with E-state index in [9.17, 15) is 0 Å². The van der Waals surface area contributed by atoms with Crippen LogP contribution in [0.3, 0.4) is 0 Å². The Bertz CT molecular complexity index is 632. The van der Waals surface area contributed by atoms with Gasteiger partial charge in [-0.05, 0) is 37.9 Å². The molecule has 0 radical (unpaired) electrons. The molecular weight excluding hydrogens is 314 g/mol. The van der Waals surface area contributed by atoms with Crippen LogP contribution in [0.1, 0.15) is 31.6 Å². The van der Waals surface area contributed by atoms with Crippen molar-refractivity contribution in [3.8, 4) is 11.4 Å². The lowest BCUT2D eigenvalue weighted by atomic mass is 10.00. The summed E-state index contributed by atoms with van der Waals surface area (Å²) in [5.74, 6) is 1.25. The number of piperidine rings is 1. The highest BCUT2D eigenvalue weighted by molar-refractivity contribution is 6.30. The number of aromatic nitrogens is 2. The van der Waals surface area contributed by atoms with E-state index in [1.54, 1.807) is 7.11 Å². The standard InChI is InChI=1S/C17H22ClN3O2/c1-22-10-8-15-7-2-3-9-21(15)12-16-19-17(20-23-16)13-5-4-6-14(18)11-13/h4-6,11,15H,2-3,7-10,12H2,1H3/t15-/m0/s1. The minimum atomic E-state index is 0.533. The minimum Gasteiger partial charge on any atom is -0.385 e. The van der Waals surface area contributed by atoms with E-state index in [2.05, 4.69) is 15.0 Å². The summed E-state index contributed by atoms with van der Waals surface area (Å²) in [7, 11) is 1.75. The number of rotatable bonds is 6. The van der Waals surface area contributed by atoms with Gasteiger partial charge in [-0.1, -0.05) is 35.3 Å². The van der Waals surface area contributed by atoms with E-state index in [0.29, 0.717) is 29.3 Å². The average molecular weight is 336 g/mol. The third kappa shape index (κ3) is 4.31. The van der Waals surface area contributed by atoms with E-state index < -0.39 is 0 Å². The number of hydrogen-bond donors (Lipinski definition) is 0. The average Bonchev–Trinajstić information content (AvgIpc) is 3.03. The van der Waals surface area contributed by atoms with E-state index in [0.717, 1.165) is 25.1 Å². The molecule has 0 saturated carbocycles. The first-order chi connectivity index (χ1) is 11.3. The molecule has 124 valence electrons. The first kappa shape index (κ1) is 16.4. The molecule has 5 nitrogen and oxygen atoms in total. The number of likely N-dealkylation sites (tertiary alicyclic amines) is 1. The lowest BCUT2D eigenvalue weighted by molar-refractivity contribution is 0.0882. The lowest BCUT2D eigenvalue weighted by Crippen LogP contribution is -2.39. The molecule has 1 aromatic carbocycles. The monoisotopic (exact) mass is 335 g/mol. The Hall–Kier alpha value is -1.43. The fraction of sp³-hybridized carbons (Fsp3) is 0.529. The van der Waals surface area contributed by atoms with Crippen molar-refractivity contribution in [3.05, 3.63) is 35.2 Å². The zero-order valence-corrected chi connectivity index (χ0v) is 14.1.